The molecule has 1 aromatic carbocycles. The van der Waals surface area contributed by atoms with Gasteiger partial charge in [0.25, 0.3) is 0 Å². The number of hydrogen-bond acceptors (Lipinski definition) is 3. The first-order valence-electron chi connectivity index (χ1n) is 7.04. The zero-order chi connectivity index (χ0) is 15.6. The first-order chi connectivity index (χ1) is 9.86. The standard InChI is InChI=1S/C16H19BrN2O2/c1-16(2,15(20)21)12-4-3-7-19(10-12)14-8-13(17)6-5-11(14)9-18/h5-6,8,12H,3-4,7,10H2,1-2H3,(H,20,21). The van der Waals surface area contributed by atoms with Gasteiger partial charge in [-0.25, -0.2) is 0 Å². The maximum absolute atomic E-state index is 11.5. The molecule has 5 heteroatoms. The number of carboxylic acid groups (broad SMARTS) is 1. The average molecular weight is 351 g/mol. The topological polar surface area (TPSA) is 64.3 Å². The van der Waals surface area contributed by atoms with Gasteiger partial charge in [-0.1, -0.05) is 15.9 Å². The van der Waals surface area contributed by atoms with Gasteiger partial charge in [0.2, 0.25) is 0 Å². The van der Waals surface area contributed by atoms with Gasteiger partial charge < -0.3 is 10.0 Å². The third-order valence-corrected chi connectivity index (χ3v) is 4.91. The number of rotatable bonds is 3. The van der Waals surface area contributed by atoms with Crippen LogP contribution in [-0.2, 0) is 4.79 Å². The molecule has 4 nitrogen and oxygen atoms in total. The molecule has 0 saturated carbocycles. The summed E-state index contributed by atoms with van der Waals surface area (Å²) >= 11 is 3.44. The van der Waals surface area contributed by atoms with E-state index in [9.17, 15) is 15.2 Å². The van der Waals surface area contributed by atoms with E-state index in [4.69, 9.17) is 0 Å². The Kier molecular flexibility index (Phi) is 4.58. The van der Waals surface area contributed by atoms with Crippen LogP contribution in [0.5, 0.6) is 0 Å². The number of benzene rings is 1. The summed E-state index contributed by atoms with van der Waals surface area (Å²) < 4.78 is 0.927. The summed E-state index contributed by atoms with van der Waals surface area (Å²) in [5, 5.41) is 18.7. The monoisotopic (exact) mass is 350 g/mol. The summed E-state index contributed by atoms with van der Waals surface area (Å²) in [4.78, 5) is 13.6. The van der Waals surface area contributed by atoms with Crippen molar-refractivity contribution in [3.8, 4) is 6.07 Å². The van der Waals surface area contributed by atoms with Crippen molar-refractivity contribution in [3.05, 3.63) is 28.2 Å². The molecule has 1 N–H and O–H groups in total. The van der Waals surface area contributed by atoms with Crippen molar-refractivity contribution in [2.45, 2.75) is 26.7 Å². The van der Waals surface area contributed by atoms with Crippen LogP contribution in [0.4, 0.5) is 5.69 Å². The lowest BCUT2D eigenvalue weighted by Crippen LogP contribution is -2.45. The Bertz CT molecular complexity index is 592. The minimum Gasteiger partial charge on any atom is -0.481 e. The summed E-state index contributed by atoms with van der Waals surface area (Å²) in [5.74, 6) is -0.682. The zero-order valence-electron chi connectivity index (χ0n) is 12.3. The Balaban J connectivity index is 2.28. The molecule has 1 heterocycles. The molecule has 1 unspecified atom stereocenters. The largest absolute Gasteiger partial charge is 0.481 e. The third kappa shape index (κ3) is 3.21. The lowest BCUT2D eigenvalue weighted by molar-refractivity contribution is -0.150. The molecule has 0 spiro atoms. The summed E-state index contributed by atoms with van der Waals surface area (Å²) in [7, 11) is 0. The van der Waals surface area contributed by atoms with Gasteiger partial charge in [-0.05, 0) is 50.8 Å². The maximum atomic E-state index is 11.5. The molecular weight excluding hydrogens is 332 g/mol. The number of nitrogens with zero attached hydrogens (tertiary/aromatic N) is 2. The van der Waals surface area contributed by atoms with Crippen molar-refractivity contribution in [1.29, 1.82) is 5.26 Å². The van der Waals surface area contributed by atoms with Crippen molar-refractivity contribution >= 4 is 27.6 Å². The summed E-state index contributed by atoms with van der Waals surface area (Å²) in [6.07, 6.45) is 1.85. The molecule has 0 radical (unpaired) electrons. The molecule has 1 aromatic rings. The first-order valence-corrected chi connectivity index (χ1v) is 7.83. The number of aliphatic carboxylic acids is 1. The van der Waals surface area contributed by atoms with E-state index in [-0.39, 0.29) is 5.92 Å². The zero-order valence-corrected chi connectivity index (χ0v) is 13.9. The Morgan fingerprint density at radius 1 is 1.52 bits per heavy atom. The second-order valence-corrected chi connectivity index (χ2v) is 7.00. The number of carbonyl (C=O) groups is 1. The number of hydrogen-bond donors (Lipinski definition) is 1. The highest BCUT2D eigenvalue weighted by molar-refractivity contribution is 9.10. The van der Waals surface area contributed by atoms with Gasteiger partial charge in [0.05, 0.1) is 16.7 Å². The van der Waals surface area contributed by atoms with Gasteiger partial charge >= 0.3 is 5.97 Å². The van der Waals surface area contributed by atoms with E-state index in [1.807, 2.05) is 12.1 Å². The molecule has 0 aliphatic carbocycles. The number of piperidine rings is 1. The predicted molar refractivity (Wildman–Crippen MR) is 85.2 cm³/mol. The highest BCUT2D eigenvalue weighted by atomic mass is 79.9. The second-order valence-electron chi connectivity index (χ2n) is 6.09. The fourth-order valence-electron chi connectivity index (χ4n) is 2.82. The molecule has 0 bridgehead atoms. The molecule has 21 heavy (non-hydrogen) atoms. The van der Waals surface area contributed by atoms with Gasteiger partial charge in [-0.2, -0.15) is 5.26 Å². The first kappa shape index (κ1) is 15.8. The Hall–Kier alpha value is -1.54. The molecule has 1 aliphatic heterocycles. The van der Waals surface area contributed by atoms with Crippen LogP contribution in [0.1, 0.15) is 32.3 Å². The lowest BCUT2D eigenvalue weighted by Gasteiger charge is -2.40. The van der Waals surface area contributed by atoms with E-state index in [1.165, 1.54) is 0 Å². The number of halogens is 1. The lowest BCUT2D eigenvalue weighted by atomic mass is 9.74. The summed E-state index contributed by atoms with van der Waals surface area (Å²) in [6, 6.07) is 7.81. The normalized spacial score (nSPS) is 19.1. The fraction of sp³-hybridized carbons (Fsp3) is 0.500. The van der Waals surface area contributed by atoms with E-state index < -0.39 is 11.4 Å². The van der Waals surface area contributed by atoms with Crippen molar-refractivity contribution in [2.75, 3.05) is 18.0 Å². The third-order valence-electron chi connectivity index (χ3n) is 4.41. The van der Waals surface area contributed by atoms with Gasteiger partial charge in [0.15, 0.2) is 0 Å². The van der Waals surface area contributed by atoms with Crippen LogP contribution in [0.3, 0.4) is 0 Å². The van der Waals surface area contributed by atoms with E-state index >= 15 is 0 Å². The Labute approximate surface area is 133 Å². The fourth-order valence-corrected chi connectivity index (χ4v) is 3.17. The average Bonchev–Trinajstić information content (AvgIpc) is 2.47. The molecule has 1 atom stereocenters. The van der Waals surface area contributed by atoms with E-state index in [2.05, 4.69) is 26.9 Å². The van der Waals surface area contributed by atoms with Crippen LogP contribution < -0.4 is 4.90 Å². The molecule has 112 valence electrons. The van der Waals surface area contributed by atoms with Gasteiger partial charge in [0, 0.05) is 17.6 Å². The van der Waals surface area contributed by atoms with Crippen molar-refractivity contribution in [3.63, 3.8) is 0 Å². The maximum Gasteiger partial charge on any atom is 0.309 e. The van der Waals surface area contributed by atoms with Crippen LogP contribution in [-0.4, -0.2) is 24.2 Å². The molecular formula is C16H19BrN2O2. The smallest absolute Gasteiger partial charge is 0.309 e. The minimum absolute atomic E-state index is 0.0780. The van der Waals surface area contributed by atoms with Crippen LogP contribution in [0.2, 0.25) is 0 Å². The summed E-state index contributed by atoms with van der Waals surface area (Å²) in [6.45, 7) is 5.10. The van der Waals surface area contributed by atoms with Crippen LogP contribution >= 0.6 is 15.9 Å². The van der Waals surface area contributed by atoms with Gasteiger partial charge in [-0.3, -0.25) is 4.79 Å². The number of nitriles is 1. The Morgan fingerprint density at radius 2 is 2.24 bits per heavy atom. The number of anilines is 1. The molecule has 1 aliphatic rings. The highest BCUT2D eigenvalue weighted by Gasteiger charge is 2.39. The van der Waals surface area contributed by atoms with Crippen molar-refractivity contribution < 1.29 is 9.90 Å². The SMILES string of the molecule is CC(C)(C(=O)O)C1CCCN(c2cc(Br)ccc2C#N)C1. The minimum atomic E-state index is -0.760. The van der Waals surface area contributed by atoms with E-state index in [1.54, 1.807) is 19.9 Å². The second kappa shape index (κ2) is 6.07. The Morgan fingerprint density at radius 3 is 2.86 bits per heavy atom. The quantitative estimate of drug-likeness (QED) is 0.903. The molecule has 1 fully saturated rings. The molecule has 0 aromatic heterocycles. The summed E-state index contributed by atoms with van der Waals surface area (Å²) in [5.41, 5.74) is 0.766. The highest BCUT2D eigenvalue weighted by Crippen LogP contribution is 2.37. The van der Waals surface area contributed by atoms with Crippen LogP contribution in [0.15, 0.2) is 22.7 Å². The number of carboxylic acids is 1. The van der Waals surface area contributed by atoms with Gasteiger partial charge in [-0.15, -0.1) is 0 Å². The molecule has 1 saturated heterocycles. The van der Waals surface area contributed by atoms with E-state index in [0.29, 0.717) is 12.1 Å². The van der Waals surface area contributed by atoms with E-state index in [0.717, 1.165) is 29.5 Å². The van der Waals surface area contributed by atoms with Crippen LogP contribution in [0.25, 0.3) is 0 Å². The van der Waals surface area contributed by atoms with Crippen molar-refractivity contribution in [2.24, 2.45) is 11.3 Å². The molecule has 0 amide bonds. The van der Waals surface area contributed by atoms with Crippen molar-refractivity contribution in [1.82, 2.24) is 0 Å². The predicted octanol–water partition coefficient (Wildman–Crippen LogP) is 3.65. The molecule has 2 rings (SSSR count). The van der Waals surface area contributed by atoms with Crippen LogP contribution in [0, 0.1) is 22.7 Å². The van der Waals surface area contributed by atoms with Gasteiger partial charge in [0.1, 0.15) is 6.07 Å².